The zero-order chi connectivity index (χ0) is 29.8. The first-order valence-electron chi connectivity index (χ1n) is 15.0. The molecule has 8 nitrogen and oxygen atoms in total. The van der Waals surface area contributed by atoms with Crippen LogP contribution in [0.1, 0.15) is 53.5 Å². The third-order valence-electron chi connectivity index (χ3n) is 9.01. The summed E-state index contributed by atoms with van der Waals surface area (Å²) < 4.78 is 2.72. The molecule has 222 valence electrons. The van der Waals surface area contributed by atoms with Crippen molar-refractivity contribution in [1.82, 2.24) is 14.0 Å². The lowest BCUT2D eigenvalue weighted by Gasteiger charge is -2.34. The number of nitrogens with zero attached hydrogens (tertiary/aromatic N) is 4. The van der Waals surface area contributed by atoms with Gasteiger partial charge in [-0.15, -0.1) is 0 Å². The Morgan fingerprint density at radius 2 is 1.67 bits per heavy atom. The van der Waals surface area contributed by atoms with E-state index in [-0.39, 0.29) is 17.7 Å². The number of rotatable bonds is 9. The summed E-state index contributed by atoms with van der Waals surface area (Å²) in [4.78, 5) is 40.5. The molecule has 0 unspecified atom stereocenters. The van der Waals surface area contributed by atoms with Crippen LogP contribution >= 0.6 is 0 Å². The van der Waals surface area contributed by atoms with Gasteiger partial charge in [-0.1, -0.05) is 48.5 Å². The molecule has 0 spiro atoms. The minimum absolute atomic E-state index is 0.0335. The van der Waals surface area contributed by atoms with Gasteiger partial charge >= 0.3 is 11.7 Å². The van der Waals surface area contributed by atoms with Gasteiger partial charge in [-0.05, 0) is 91.4 Å². The number of piperidine rings is 1. The highest BCUT2D eigenvalue weighted by Gasteiger charge is 2.23. The van der Waals surface area contributed by atoms with Crippen molar-refractivity contribution in [2.45, 2.75) is 44.9 Å². The second-order valence-corrected chi connectivity index (χ2v) is 11.9. The number of carboxylic acids is 1. The molecule has 5 rings (SSSR count). The molecule has 0 bridgehead atoms. The number of fused-ring (bicyclic) bond motifs is 2. The van der Waals surface area contributed by atoms with Gasteiger partial charge in [0, 0.05) is 39.8 Å². The maximum atomic E-state index is 12.3. The molecule has 2 aliphatic rings. The number of hydrogen-bond donors (Lipinski definition) is 1. The predicted octanol–water partition coefficient (Wildman–Crippen LogP) is 3.87. The van der Waals surface area contributed by atoms with E-state index < -0.39 is 5.97 Å². The van der Waals surface area contributed by atoms with Gasteiger partial charge in [0.15, 0.2) is 0 Å². The summed E-state index contributed by atoms with van der Waals surface area (Å²) in [6.45, 7) is 3.67. The highest BCUT2D eigenvalue weighted by atomic mass is 16.4. The van der Waals surface area contributed by atoms with Crippen LogP contribution in [0.4, 0.5) is 5.82 Å². The van der Waals surface area contributed by atoms with Crippen LogP contribution in [0.25, 0.3) is 5.57 Å². The number of carbonyl (C=O) groups is 1. The van der Waals surface area contributed by atoms with Crippen molar-refractivity contribution < 1.29 is 9.90 Å². The molecule has 0 saturated carbocycles. The number of carboxylic acid groups (broad SMARTS) is 1. The SMILES string of the molecule is CN(CC/C=C1\c2ccccc2CCc2ccc(CC(=O)O)cc21)CCC1CCN(c2cc(=O)n(C)c(=O)n2C)CC1. The molecule has 0 radical (unpaired) electrons. The molecular formula is C34H42N4O4. The Bertz CT molecular complexity index is 1590. The number of anilines is 1. The maximum absolute atomic E-state index is 12.3. The summed E-state index contributed by atoms with van der Waals surface area (Å²) in [6, 6.07) is 16.3. The summed E-state index contributed by atoms with van der Waals surface area (Å²) >= 11 is 0. The smallest absolute Gasteiger partial charge is 0.332 e. The Kier molecular flexibility index (Phi) is 9.12. The van der Waals surface area contributed by atoms with Crippen LogP contribution in [0.5, 0.6) is 0 Å². The fraction of sp³-hybridized carbons (Fsp3) is 0.441. The highest BCUT2D eigenvalue weighted by Crippen LogP contribution is 2.34. The normalized spacial score (nSPS) is 16.4. The standard InChI is InChI=1S/C34H42N4O4/c1-35(18-14-24-15-19-38(20-16-24)31-23-32(39)37(3)34(42)36(31)2)17-6-9-29-28-8-5-4-7-26(28)12-13-27-11-10-25(21-30(27)29)22-33(40)41/h4-5,7-11,21,23-24H,6,12-20,22H2,1-3H3,(H,40,41)/b29-9+. The van der Waals surface area contributed by atoms with E-state index in [0.29, 0.717) is 11.7 Å². The largest absolute Gasteiger partial charge is 0.481 e. The van der Waals surface area contributed by atoms with Crippen molar-refractivity contribution in [3.8, 4) is 0 Å². The van der Waals surface area contributed by atoms with Crippen LogP contribution in [0.2, 0.25) is 0 Å². The minimum Gasteiger partial charge on any atom is -0.481 e. The molecule has 2 heterocycles. The molecule has 0 atom stereocenters. The van der Waals surface area contributed by atoms with Crippen LogP contribution in [0.15, 0.2) is 64.2 Å². The van der Waals surface area contributed by atoms with E-state index in [4.69, 9.17) is 0 Å². The Hall–Kier alpha value is -3.91. The average molecular weight is 571 g/mol. The van der Waals surface area contributed by atoms with Gasteiger partial charge < -0.3 is 14.9 Å². The van der Waals surface area contributed by atoms with Crippen LogP contribution in [0.3, 0.4) is 0 Å². The first-order valence-corrected chi connectivity index (χ1v) is 15.0. The first kappa shape index (κ1) is 29.6. The summed E-state index contributed by atoms with van der Waals surface area (Å²) in [5, 5.41) is 9.36. The summed E-state index contributed by atoms with van der Waals surface area (Å²) in [5.74, 6) is 0.528. The highest BCUT2D eigenvalue weighted by molar-refractivity contribution is 5.84. The molecule has 1 aliphatic carbocycles. The topological polar surface area (TPSA) is 87.8 Å². The lowest BCUT2D eigenvalue weighted by atomic mass is 9.91. The monoisotopic (exact) mass is 570 g/mol. The number of hydrogen-bond acceptors (Lipinski definition) is 5. The number of aliphatic carboxylic acids is 1. The van der Waals surface area contributed by atoms with E-state index in [2.05, 4.69) is 59.3 Å². The van der Waals surface area contributed by atoms with E-state index in [9.17, 15) is 19.5 Å². The van der Waals surface area contributed by atoms with Crippen molar-refractivity contribution >= 4 is 17.4 Å². The van der Waals surface area contributed by atoms with Crippen LogP contribution < -0.4 is 16.1 Å². The van der Waals surface area contributed by atoms with Crippen molar-refractivity contribution in [2.24, 2.45) is 20.0 Å². The van der Waals surface area contributed by atoms with E-state index in [1.807, 2.05) is 6.07 Å². The predicted molar refractivity (Wildman–Crippen MR) is 167 cm³/mol. The molecule has 1 fully saturated rings. The third-order valence-corrected chi connectivity index (χ3v) is 9.01. The average Bonchev–Trinajstić information content (AvgIpc) is 3.13. The summed E-state index contributed by atoms with van der Waals surface area (Å²) in [6.07, 6.45) is 8.45. The molecule has 0 amide bonds. The Labute approximate surface area is 247 Å². The van der Waals surface area contributed by atoms with Gasteiger partial charge in [-0.2, -0.15) is 0 Å². The van der Waals surface area contributed by atoms with Crippen molar-refractivity contribution in [1.29, 1.82) is 0 Å². The van der Waals surface area contributed by atoms with Gasteiger partial charge in [0.1, 0.15) is 5.82 Å². The van der Waals surface area contributed by atoms with Crippen LogP contribution in [0, 0.1) is 5.92 Å². The van der Waals surface area contributed by atoms with Gasteiger partial charge in [-0.25, -0.2) is 4.79 Å². The second-order valence-electron chi connectivity index (χ2n) is 11.9. The molecule has 1 aromatic heterocycles. The molecule has 2 aromatic carbocycles. The van der Waals surface area contributed by atoms with E-state index in [1.165, 1.54) is 34.9 Å². The first-order chi connectivity index (χ1) is 20.2. The van der Waals surface area contributed by atoms with Crippen molar-refractivity contribution in [3.05, 3.63) is 103 Å². The Morgan fingerprint density at radius 1 is 0.952 bits per heavy atom. The van der Waals surface area contributed by atoms with E-state index in [1.54, 1.807) is 17.7 Å². The molecule has 3 aromatic rings. The van der Waals surface area contributed by atoms with Gasteiger partial charge in [0.2, 0.25) is 0 Å². The van der Waals surface area contributed by atoms with Gasteiger partial charge in [-0.3, -0.25) is 18.7 Å². The lowest BCUT2D eigenvalue weighted by molar-refractivity contribution is -0.136. The number of aryl methyl sites for hydroxylation is 2. The fourth-order valence-electron chi connectivity index (χ4n) is 6.43. The molecule has 1 aliphatic heterocycles. The molecule has 8 heteroatoms. The quantitative estimate of drug-likeness (QED) is 0.420. The molecule has 1 saturated heterocycles. The summed E-state index contributed by atoms with van der Waals surface area (Å²) in [7, 11) is 5.43. The lowest BCUT2D eigenvalue weighted by Crippen LogP contribution is -2.43. The Morgan fingerprint density at radius 3 is 2.40 bits per heavy atom. The molecule has 42 heavy (non-hydrogen) atoms. The maximum Gasteiger partial charge on any atom is 0.332 e. The van der Waals surface area contributed by atoms with Crippen molar-refractivity contribution in [2.75, 3.05) is 38.1 Å². The Balaban J connectivity index is 1.19. The number of benzene rings is 2. The van der Waals surface area contributed by atoms with Gasteiger partial charge in [0.25, 0.3) is 5.56 Å². The van der Waals surface area contributed by atoms with Gasteiger partial charge in [0.05, 0.1) is 6.42 Å². The molecular weight excluding hydrogens is 528 g/mol. The van der Waals surface area contributed by atoms with E-state index >= 15 is 0 Å². The third kappa shape index (κ3) is 6.59. The summed E-state index contributed by atoms with van der Waals surface area (Å²) in [5.41, 5.74) is 6.56. The zero-order valence-electron chi connectivity index (χ0n) is 25.0. The second kappa shape index (κ2) is 12.9. The van der Waals surface area contributed by atoms with Crippen molar-refractivity contribution in [3.63, 3.8) is 0 Å². The number of aromatic nitrogens is 2. The van der Waals surface area contributed by atoms with Crippen LogP contribution in [-0.4, -0.2) is 58.3 Å². The fourth-order valence-corrected chi connectivity index (χ4v) is 6.43. The minimum atomic E-state index is -0.807. The molecule has 1 N–H and O–H groups in total. The zero-order valence-corrected chi connectivity index (χ0v) is 25.0. The van der Waals surface area contributed by atoms with E-state index in [0.717, 1.165) is 74.8 Å². The van der Waals surface area contributed by atoms with Crippen LogP contribution in [-0.2, 0) is 38.2 Å².